The molecule has 3 aromatic heterocycles. The molecule has 0 spiro atoms. The Morgan fingerprint density at radius 3 is 2.58 bits per heavy atom. The molecule has 1 aliphatic carbocycles. The number of carbonyl (C=O) groups is 1. The van der Waals surface area contributed by atoms with Crippen LogP contribution in [0.25, 0.3) is 16.6 Å². The second-order valence-electron chi connectivity index (χ2n) is 11.3. The quantitative estimate of drug-likeness (QED) is 0.406. The van der Waals surface area contributed by atoms with Gasteiger partial charge >= 0.3 is 6.61 Å². The molecule has 4 aromatic rings. The van der Waals surface area contributed by atoms with Gasteiger partial charge in [-0.1, -0.05) is 6.07 Å². The number of nitrogens with two attached hydrogens (primary N) is 1. The first-order valence-corrected chi connectivity index (χ1v) is 13.4. The van der Waals surface area contributed by atoms with Crippen LogP contribution in [0, 0.1) is 0 Å². The molecule has 3 aliphatic rings. The van der Waals surface area contributed by atoms with E-state index in [9.17, 15) is 13.6 Å². The number of piperidine rings is 1. The SMILES string of the molecule is CN1C(=O)c2cccc(OC(F)F)c2C2CC1c1nn3ccc(-c4cnc(N5CCC(C)(N)CC5)nc4)cc3c12. The molecule has 206 valence electrons. The molecule has 0 saturated carbocycles. The van der Waals surface area contributed by atoms with Gasteiger partial charge in [0, 0.05) is 72.4 Å². The minimum absolute atomic E-state index is 0.0277. The topological polar surface area (TPSA) is 102 Å². The van der Waals surface area contributed by atoms with Crippen molar-refractivity contribution in [3.05, 3.63) is 71.3 Å². The summed E-state index contributed by atoms with van der Waals surface area (Å²) in [5.41, 5.74) is 11.3. The number of carbonyl (C=O) groups excluding carboxylic acids is 1. The molecule has 2 atom stereocenters. The number of hydrogen-bond acceptors (Lipinski definition) is 7. The van der Waals surface area contributed by atoms with Crippen LogP contribution in [0.5, 0.6) is 5.75 Å². The molecular formula is C29H29F2N7O2. The van der Waals surface area contributed by atoms with Gasteiger partial charge in [0.1, 0.15) is 5.75 Å². The van der Waals surface area contributed by atoms with Crippen molar-refractivity contribution in [1.82, 2.24) is 24.5 Å². The van der Waals surface area contributed by atoms with Crippen molar-refractivity contribution < 1.29 is 18.3 Å². The summed E-state index contributed by atoms with van der Waals surface area (Å²) >= 11 is 0. The number of nitrogens with zero attached hydrogens (tertiary/aromatic N) is 6. The lowest BCUT2D eigenvalue weighted by Gasteiger charge is -2.36. The summed E-state index contributed by atoms with van der Waals surface area (Å²) in [6, 6.07) is 8.47. The molecule has 7 rings (SSSR count). The fourth-order valence-corrected chi connectivity index (χ4v) is 6.39. The Bertz CT molecular complexity index is 1630. The number of anilines is 1. The van der Waals surface area contributed by atoms with Crippen LogP contribution in [0.1, 0.15) is 65.3 Å². The highest BCUT2D eigenvalue weighted by atomic mass is 19.3. The number of pyridine rings is 1. The van der Waals surface area contributed by atoms with Gasteiger partial charge in [0.15, 0.2) is 0 Å². The fraction of sp³-hybridized carbons (Fsp3) is 0.379. The second-order valence-corrected chi connectivity index (χ2v) is 11.3. The van der Waals surface area contributed by atoms with Gasteiger partial charge in [-0.15, -0.1) is 0 Å². The number of aromatic nitrogens is 4. The third kappa shape index (κ3) is 3.90. The molecule has 40 heavy (non-hydrogen) atoms. The zero-order valence-corrected chi connectivity index (χ0v) is 22.2. The Morgan fingerprint density at radius 2 is 1.85 bits per heavy atom. The molecule has 2 aliphatic heterocycles. The first-order valence-electron chi connectivity index (χ1n) is 13.4. The lowest BCUT2D eigenvalue weighted by atomic mass is 9.88. The van der Waals surface area contributed by atoms with Gasteiger partial charge in [-0.05, 0) is 56.0 Å². The van der Waals surface area contributed by atoms with E-state index in [0.29, 0.717) is 23.5 Å². The highest BCUT2D eigenvalue weighted by molar-refractivity contribution is 5.98. The Kier molecular flexibility index (Phi) is 5.57. The number of amides is 1. The number of benzene rings is 1. The normalized spacial score (nSPS) is 21.5. The van der Waals surface area contributed by atoms with E-state index in [1.165, 1.54) is 6.07 Å². The summed E-state index contributed by atoms with van der Waals surface area (Å²) in [6.07, 6.45) is 7.84. The molecule has 1 saturated heterocycles. The van der Waals surface area contributed by atoms with E-state index in [1.807, 2.05) is 30.7 Å². The van der Waals surface area contributed by atoms with Crippen molar-refractivity contribution in [2.24, 2.45) is 5.73 Å². The molecule has 5 heterocycles. The van der Waals surface area contributed by atoms with Crippen molar-refractivity contribution in [1.29, 1.82) is 0 Å². The average molecular weight is 546 g/mol. The van der Waals surface area contributed by atoms with Crippen molar-refractivity contribution >= 4 is 17.4 Å². The van der Waals surface area contributed by atoms with Crippen LogP contribution in [0.3, 0.4) is 0 Å². The van der Waals surface area contributed by atoms with E-state index in [2.05, 4.69) is 21.8 Å². The minimum Gasteiger partial charge on any atom is -0.434 e. The zero-order chi connectivity index (χ0) is 27.8. The molecular weight excluding hydrogens is 516 g/mol. The molecule has 2 bridgehead atoms. The monoisotopic (exact) mass is 545 g/mol. The van der Waals surface area contributed by atoms with E-state index in [4.69, 9.17) is 15.6 Å². The smallest absolute Gasteiger partial charge is 0.387 e. The molecule has 1 fully saturated rings. The maximum atomic E-state index is 13.4. The number of halogens is 2. The summed E-state index contributed by atoms with van der Waals surface area (Å²) in [5, 5.41) is 4.83. The van der Waals surface area contributed by atoms with Gasteiger partial charge < -0.3 is 20.3 Å². The lowest BCUT2D eigenvalue weighted by Crippen LogP contribution is -2.48. The van der Waals surface area contributed by atoms with Crippen molar-refractivity contribution in [3.8, 4) is 16.9 Å². The molecule has 9 nitrogen and oxygen atoms in total. The Balaban J connectivity index is 1.29. The van der Waals surface area contributed by atoms with Gasteiger partial charge in [-0.25, -0.2) is 14.5 Å². The van der Waals surface area contributed by atoms with Gasteiger partial charge in [-0.2, -0.15) is 13.9 Å². The van der Waals surface area contributed by atoms with E-state index >= 15 is 0 Å². The summed E-state index contributed by atoms with van der Waals surface area (Å²) in [6.45, 7) is 0.716. The van der Waals surface area contributed by atoms with E-state index in [-0.39, 0.29) is 29.2 Å². The van der Waals surface area contributed by atoms with Crippen LogP contribution < -0.4 is 15.4 Å². The third-order valence-electron chi connectivity index (χ3n) is 8.63. The third-order valence-corrected chi connectivity index (χ3v) is 8.63. The highest BCUT2D eigenvalue weighted by Crippen LogP contribution is 2.53. The zero-order valence-electron chi connectivity index (χ0n) is 22.2. The fourth-order valence-electron chi connectivity index (χ4n) is 6.39. The summed E-state index contributed by atoms with van der Waals surface area (Å²) in [7, 11) is 1.74. The standard InChI is InChI=1S/C29H29F2N7O2/c1-29(32)7-10-37(11-8-29)28-33-14-17(15-34-28)16-6-9-38-20(12-16)24-19-13-21(25(24)35-38)36(2)26(39)18-4-3-5-22(23(18)19)40-27(30)31/h3-6,9,12,14-15,19,21,27H,7-8,10-11,13,32H2,1-2H3. The lowest BCUT2D eigenvalue weighted by molar-refractivity contribution is -0.0505. The number of fused-ring (bicyclic) bond motifs is 9. The summed E-state index contributed by atoms with van der Waals surface area (Å²) in [4.78, 5) is 26.4. The van der Waals surface area contributed by atoms with Gasteiger partial charge in [0.25, 0.3) is 5.91 Å². The maximum Gasteiger partial charge on any atom is 0.387 e. The number of alkyl halides is 2. The maximum absolute atomic E-state index is 13.4. The van der Waals surface area contributed by atoms with Crippen LogP contribution in [-0.2, 0) is 0 Å². The predicted molar refractivity (Wildman–Crippen MR) is 145 cm³/mol. The van der Waals surface area contributed by atoms with Crippen LogP contribution in [0.4, 0.5) is 14.7 Å². The van der Waals surface area contributed by atoms with Crippen molar-refractivity contribution in [2.75, 3.05) is 25.0 Å². The molecule has 1 amide bonds. The first kappa shape index (κ1) is 24.9. The second kappa shape index (κ2) is 8.95. The van der Waals surface area contributed by atoms with E-state index in [0.717, 1.165) is 53.8 Å². The van der Waals surface area contributed by atoms with E-state index in [1.54, 1.807) is 28.6 Å². The van der Waals surface area contributed by atoms with Crippen molar-refractivity contribution in [3.63, 3.8) is 0 Å². The minimum atomic E-state index is -3.00. The van der Waals surface area contributed by atoms with Crippen LogP contribution in [-0.4, -0.2) is 62.7 Å². The molecule has 2 N–H and O–H groups in total. The van der Waals surface area contributed by atoms with Crippen LogP contribution in [0.15, 0.2) is 48.9 Å². The Morgan fingerprint density at radius 1 is 1.10 bits per heavy atom. The summed E-state index contributed by atoms with van der Waals surface area (Å²) < 4.78 is 33.4. The van der Waals surface area contributed by atoms with Crippen molar-refractivity contribution in [2.45, 2.75) is 50.3 Å². The first-order chi connectivity index (χ1) is 19.2. The number of ether oxygens (including phenoxy) is 1. The number of rotatable bonds is 4. The Labute approximate surface area is 229 Å². The predicted octanol–water partition coefficient (Wildman–Crippen LogP) is 4.37. The number of hydrogen-bond donors (Lipinski definition) is 1. The van der Waals surface area contributed by atoms with Crippen LogP contribution >= 0.6 is 0 Å². The van der Waals surface area contributed by atoms with Gasteiger partial charge in [0.05, 0.1) is 17.3 Å². The molecule has 11 heteroatoms. The van der Waals surface area contributed by atoms with E-state index < -0.39 is 6.61 Å². The Hall–Kier alpha value is -4.12. The largest absolute Gasteiger partial charge is 0.434 e. The molecule has 2 unspecified atom stereocenters. The van der Waals surface area contributed by atoms with Gasteiger partial charge in [0.2, 0.25) is 5.95 Å². The van der Waals surface area contributed by atoms with Crippen LogP contribution in [0.2, 0.25) is 0 Å². The average Bonchev–Trinajstić information content (AvgIpc) is 3.46. The highest BCUT2D eigenvalue weighted by Gasteiger charge is 2.46. The van der Waals surface area contributed by atoms with Gasteiger partial charge in [-0.3, -0.25) is 4.79 Å². The molecule has 0 radical (unpaired) electrons. The summed E-state index contributed by atoms with van der Waals surface area (Å²) in [5.74, 6) is 0.164. The molecule has 1 aromatic carbocycles.